The number of nitrogens with one attached hydrogen (secondary N) is 1. The molecule has 1 aliphatic heterocycles. The molecule has 1 aliphatic rings. The lowest BCUT2D eigenvalue weighted by molar-refractivity contribution is 0.580. The Morgan fingerprint density at radius 1 is 1.06 bits per heavy atom. The van der Waals surface area contributed by atoms with Crippen molar-refractivity contribution >= 4 is 15.9 Å². The summed E-state index contributed by atoms with van der Waals surface area (Å²) in [5, 5.41) is 3.58. The van der Waals surface area contributed by atoms with Gasteiger partial charge in [0.2, 0.25) is 0 Å². The van der Waals surface area contributed by atoms with Crippen molar-refractivity contribution in [1.29, 1.82) is 0 Å². The molecule has 0 bridgehead atoms. The van der Waals surface area contributed by atoms with Crippen LogP contribution in [0.1, 0.15) is 22.7 Å². The average molecular weight is 288 g/mol. The molecule has 1 N–H and O–H groups in total. The third-order valence-electron chi connectivity index (χ3n) is 3.35. The van der Waals surface area contributed by atoms with Gasteiger partial charge in [-0.1, -0.05) is 58.4 Å². The molecule has 1 heterocycles. The summed E-state index contributed by atoms with van der Waals surface area (Å²) in [6.07, 6.45) is 1.04. The van der Waals surface area contributed by atoms with E-state index in [9.17, 15) is 0 Å². The molecule has 0 aromatic heterocycles. The fourth-order valence-corrected chi connectivity index (χ4v) is 2.89. The highest BCUT2D eigenvalue weighted by Crippen LogP contribution is 2.29. The van der Waals surface area contributed by atoms with E-state index in [1.54, 1.807) is 0 Å². The van der Waals surface area contributed by atoms with Crippen molar-refractivity contribution in [2.75, 3.05) is 0 Å². The summed E-state index contributed by atoms with van der Waals surface area (Å²) in [5.74, 6) is 0. The van der Waals surface area contributed by atoms with Crippen LogP contribution in [0.4, 0.5) is 0 Å². The summed E-state index contributed by atoms with van der Waals surface area (Å²) >= 11 is 3.62. The van der Waals surface area contributed by atoms with E-state index in [-0.39, 0.29) is 0 Å². The van der Waals surface area contributed by atoms with Crippen LogP contribution < -0.4 is 5.32 Å². The van der Waals surface area contributed by atoms with Gasteiger partial charge in [-0.2, -0.15) is 0 Å². The third kappa shape index (κ3) is 2.15. The van der Waals surface area contributed by atoms with Crippen LogP contribution in [0.5, 0.6) is 0 Å². The maximum atomic E-state index is 3.62. The van der Waals surface area contributed by atoms with Crippen LogP contribution in [0, 0.1) is 0 Å². The van der Waals surface area contributed by atoms with Crippen LogP contribution in [-0.4, -0.2) is 0 Å². The maximum Gasteiger partial charge on any atom is 0.0367 e. The van der Waals surface area contributed by atoms with Crippen LogP contribution in [-0.2, 0) is 13.0 Å². The zero-order chi connectivity index (χ0) is 11.7. The minimum atomic E-state index is 0.449. The Kier molecular flexibility index (Phi) is 3.00. The topological polar surface area (TPSA) is 12.0 Å². The van der Waals surface area contributed by atoms with Gasteiger partial charge in [-0.05, 0) is 29.2 Å². The molecule has 2 aromatic carbocycles. The van der Waals surface area contributed by atoms with E-state index < -0.39 is 0 Å². The zero-order valence-corrected chi connectivity index (χ0v) is 11.1. The highest BCUT2D eigenvalue weighted by molar-refractivity contribution is 9.10. The number of rotatable bonds is 2. The Bertz CT molecular complexity index is 536. The molecular weight excluding hydrogens is 274 g/mol. The fourth-order valence-electron chi connectivity index (χ4n) is 2.44. The summed E-state index contributed by atoms with van der Waals surface area (Å²) in [6, 6.07) is 17.6. The highest BCUT2D eigenvalue weighted by atomic mass is 79.9. The van der Waals surface area contributed by atoms with E-state index in [4.69, 9.17) is 0 Å². The molecule has 2 heteroatoms. The molecule has 0 radical (unpaired) electrons. The van der Waals surface area contributed by atoms with E-state index in [1.165, 1.54) is 21.2 Å². The predicted molar refractivity (Wildman–Crippen MR) is 73.9 cm³/mol. The lowest BCUT2D eigenvalue weighted by atomic mass is 9.99. The molecule has 1 atom stereocenters. The van der Waals surface area contributed by atoms with Crippen molar-refractivity contribution in [3.05, 3.63) is 69.7 Å². The number of hydrogen-bond acceptors (Lipinski definition) is 1. The van der Waals surface area contributed by atoms with Gasteiger partial charge in [0.1, 0.15) is 0 Å². The summed E-state index contributed by atoms with van der Waals surface area (Å²) < 4.78 is 1.20. The smallest absolute Gasteiger partial charge is 0.0367 e. The second-order valence-electron chi connectivity index (χ2n) is 4.43. The molecule has 1 unspecified atom stereocenters. The van der Waals surface area contributed by atoms with E-state index in [2.05, 4.69) is 69.8 Å². The van der Waals surface area contributed by atoms with Crippen LogP contribution >= 0.6 is 15.9 Å². The summed E-state index contributed by atoms with van der Waals surface area (Å²) in [7, 11) is 0. The monoisotopic (exact) mass is 287 g/mol. The first-order valence-corrected chi connectivity index (χ1v) is 6.68. The first-order valence-electron chi connectivity index (χ1n) is 5.89. The number of halogens is 1. The molecule has 17 heavy (non-hydrogen) atoms. The van der Waals surface area contributed by atoms with E-state index in [1.807, 2.05) is 0 Å². The van der Waals surface area contributed by atoms with Gasteiger partial charge in [-0.3, -0.25) is 0 Å². The molecule has 0 saturated heterocycles. The van der Waals surface area contributed by atoms with Crippen molar-refractivity contribution in [2.24, 2.45) is 0 Å². The molecule has 0 spiro atoms. The second-order valence-corrected chi connectivity index (χ2v) is 5.28. The molecular formula is C15H14BrN. The molecule has 0 aliphatic carbocycles. The van der Waals surface area contributed by atoms with Gasteiger partial charge in [-0.15, -0.1) is 0 Å². The highest BCUT2D eigenvalue weighted by Gasteiger charge is 2.21. The van der Waals surface area contributed by atoms with Crippen molar-refractivity contribution in [2.45, 2.75) is 19.0 Å². The average Bonchev–Trinajstić information content (AvgIpc) is 2.76. The van der Waals surface area contributed by atoms with Crippen LogP contribution in [0.2, 0.25) is 0 Å². The van der Waals surface area contributed by atoms with Gasteiger partial charge < -0.3 is 5.32 Å². The predicted octanol–water partition coefficient (Wildman–Crippen LogP) is 3.84. The van der Waals surface area contributed by atoms with Crippen molar-refractivity contribution in [3.63, 3.8) is 0 Å². The Morgan fingerprint density at radius 3 is 2.71 bits per heavy atom. The molecule has 3 rings (SSSR count). The van der Waals surface area contributed by atoms with E-state index in [0.717, 1.165) is 13.0 Å². The minimum absolute atomic E-state index is 0.449. The lowest BCUT2D eigenvalue weighted by Gasteiger charge is -2.13. The largest absolute Gasteiger partial charge is 0.306 e. The first-order chi connectivity index (χ1) is 8.34. The van der Waals surface area contributed by atoms with Crippen LogP contribution in [0.15, 0.2) is 53.0 Å². The summed E-state index contributed by atoms with van der Waals surface area (Å²) in [6.45, 7) is 0.991. The van der Waals surface area contributed by atoms with Crippen molar-refractivity contribution < 1.29 is 0 Å². The number of hydrogen-bond donors (Lipinski definition) is 1. The summed E-state index contributed by atoms with van der Waals surface area (Å²) in [5.41, 5.74) is 4.24. The Balaban J connectivity index is 1.87. The molecule has 2 aromatic rings. The minimum Gasteiger partial charge on any atom is -0.306 e. The Morgan fingerprint density at radius 2 is 1.82 bits per heavy atom. The Hall–Kier alpha value is -1.12. The molecule has 0 saturated carbocycles. The third-order valence-corrected chi connectivity index (χ3v) is 4.12. The number of fused-ring (bicyclic) bond motifs is 1. The summed E-state index contributed by atoms with van der Waals surface area (Å²) in [4.78, 5) is 0. The van der Waals surface area contributed by atoms with Crippen LogP contribution in [0.25, 0.3) is 0 Å². The fraction of sp³-hybridized carbons (Fsp3) is 0.200. The van der Waals surface area contributed by atoms with Gasteiger partial charge in [-0.25, -0.2) is 0 Å². The van der Waals surface area contributed by atoms with Gasteiger partial charge in [0.05, 0.1) is 0 Å². The Labute approximate surface area is 110 Å². The normalized spacial score (nSPS) is 18.1. The molecule has 0 amide bonds. The number of benzene rings is 2. The van der Waals surface area contributed by atoms with Gasteiger partial charge >= 0.3 is 0 Å². The van der Waals surface area contributed by atoms with Crippen molar-refractivity contribution in [3.8, 4) is 0 Å². The maximum absolute atomic E-state index is 3.62. The van der Waals surface area contributed by atoms with Gasteiger partial charge in [0.15, 0.2) is 0 Å². The molecule has 0 fully saturated rings. The van der Waals surface area contributed by atoms with Gasteiger partial charge in [0.25, 0.3) is 0 Å². The van der Waals surface area contributed by atoms with E-state index >= 15 is 0 Å². The van der Waals surface area contributed by atoms with Crippen molar-refractivity contribution in [1.82, 2.24) is 5.32 Å². The first kappa shape index (κ1) is 11.0. The standard InChI is InChI=1S/C15H14BrN/c16-14-8-4-2-5-11(14)9-15-13-7-3-1-6-12(13)10-17-15/h1-8,15,17H,9-10H2. The quantitative estimate of drug-likeness (QED) is 0.885. The zero-order valence-electron chi connectivity index (χ0n) is 9.49. The van der Waals surface area contributed by atoms with Gasteiger partial charge in [0, 0.05) is 17.1 Å². The molecule has 86 valence electrons. The van der Waals surface area contributed by atoms with E-state index in [0.29, 0.717) is 6.04 Å². The molecule has 1 nitrogen and oxygen atoms in total. The SMILES string of the molecule is Brc1ccccc1CC1NCc2ccccc21. The second kappa shape index (κ2) is 4.63. The lowest BCUT2D eigenvalue weighted by Crippen LogP contribution is -2.14. The van der Waals surface area contributed by atoms with Crippen LogP contribution in [0.3, 0.4) is 0 Å².